The summed E-state index contributed by atoms with van der Waals surface area (Å²) < 4.78 is 3.93. The molecule has 0 bridgehead atoms. The average molecular weight is 212 g/mol. The van der Waals surface area contributed by atoms with Gasteiger partial charge in [0, 0.05) is 5.38 Å². The molecule has 1 fully saturated rings. The van der Waals surface area contributed by atoms with Gasteiger partial charge in [0.15, 0.2) is 0 Å². The van der Waals surface area contributed by atoms with Gasteiger partial charge >= 0.3 is 0 Å². The molecule has 0 amide bonds. The Balaban J connectivity index is 2.19. The number of hydrogen-bond acceptors (Lipinski definition) is 5. The van der Waals surface area contributed by atoms with Crippen molar-refractivity contribution in [2.24, 2.45) is 11.7 Å². The van der Waals surface area contributed by atoms with Crippen molar-refractivity contribution in [3.63, 3.8) is 0 Å². The van der Waals surface area contributed by atoms with E-state index >= 15 is 0 Å². The van der Waals surface area contributed by atoms with Crippen molar-refractivity contribution in [2.45, 2.75) is 19.4 Å². The van der Waals surface area contributed by atoms with Crippen LogP contribution in [0.5, 0.6) is 0 Å². The summed E-state index contributed by atoms with van der Waals surface area (Å²) in [7, 11) is 0. The fourth-order valence-electron chi connectivity index (χ4n) is 2.26. The first-order valence-corrected chi connectivity index (χ1v) is 5.91. The standard InChI is InChI=1S/C9H16N4S/c1-2-13-4-3-7(5-10)9(13)8-6-14-12-11-8/h6-7,9H,2-5,10H2,1H3. The molecular formula is C9H16N4S. The molecule has 1 saturated heterocycles. The van der Waals surface area contributed by atoms with Crippen LogP contribution < -0.4 is 5.73 Å². The van der Waals surface area contributed by atoms with Crippen LogP contribution in [0.15, 0.2) is 5.38 Å². The Labute approximate surface area is 88.3 Å². The van der Waals surface area contributed by atoms with E-state index in [9.17, 15) is 0 Å². The first kappa shape index (κ1) is 10.0. The molecule has 0 saturated carbocycles. The van der Waals surface area contributed by atoms with Crippen molar-refractivity contribution < 1.29 is 0 Å². The third-order valence-electron chi connectivity index (χ3n) is 3.02. The van der Waals surface area contributed by atoms with Gasteiger partial charge in [-0.15, -0.1) is 5.10 Å². The Kier molecular flexibility index (Phi) is 3.10. The van der Waals surface area contributed by atoms with Crippen LogP contribution in [0.1, 0.15) is 25.1 Å². The zero-order valence-corrected chi connectivity index (χ0v) is 9.20. The van der Waals surface area contributed by atoms with Crippen LogP contribution in [-0.2, 0) is 0 Å². The largest absolute Gasteiger partial charge is 0.330 e. The number of likely N-dealkylation sites (tertiary alicyclic amines) is 1. The summed E-state index contributed by atoms with van der Waals surface area (Å²) in [5.74, 6) is 0.554. The number of nitrogens with two attached hydrogens (primary N) is 1. The highest BCUT2D eigenvalue weighted by Crippen LogP contribution is 2.35. The Morgan fingerprint density at radius 3 is 3.14 bits per heavy atom. The summed E-state index contributed by atoms with van der Waals surface area (Å²) in [4.78, 5) is 2.44. The van der Waals surface area contributed by atoms with E-state index in [1.54, 1.807) is 0 Å². The van der Waals surface area contributed by atoms with E-state index in [2.05, 4.69) is 21.4 Å². The van der Waals surface area contributed by atoms with Crippen LogP contribution in [0.3, 0.4) is 0 Å². The summed E-state index contributed by atoms with van der Waals surface area (Å²) in [6.45, 7) is 5.14. The minimum Gasteiger partial charge on any atom is -0.330 e. The van der Waals surface area contributed by atoms with Crippen molar-refractivity contribution in [1.29, 1.82) is 0 Å². The van der Waals surface area contributed by atoms with E-state index in [-0.39, 0.29) is 0 Å². The zero-order valence-electron chi connectivity index (χ0n) is 8.39. The highest BCUT2D eigenvalue weighted by atomic mass is 32.1. The molecule has 1 aromatic heterocycles. The molecule has 1 aromatic rings. The lowest BCUT2D eigenvalue weighted by Crippen LogP contribution is -2.28. The maximum Gasteiger partial charge on any atom is 0.0930 e. The summed E-state index contributed by atoms with van der Waals surface area (Å²) >= 11 is 1.42. The molecular weight excluding hydrogens is 196 g/mol. The molecule has 4 nitrogen and oxygen atoms in total. The molecule has 2 rings (SSSR count). The summed E-state index contributed by atoms with van der Waals surface area (Å²) in [6, 6.07) is 0.406. The summed E-state index contributed by atoms with van der Waals surface area (Å²) in [5, 5.41) is 6.21. The van der Waals surface area contributed by atoms with Crippen LogP contribution in [0.2, 0.25) is 0 Å². The van der Waals surface area contributed by atoms with Gasteiger partial charge in [-0.2, -0.15) is 0 Å². The van der Waals surface area contributed by atoms with Gasteiger partial charge in [-0.25, -0.2) is 0 Å². The Hall–Kier alpha value is -0.520. The monoisotopic (exact) mass is 212 g/mol. The molecule has 5 heteroatoms. The fraction of sp³-hybridized carbons (Fsp3) is 0.778. The minimum atomic E-state index is 0.406. The van der Waals surface area contributed by atoms with Crippen LogP contribution in [0.25, 0.3) is 0 Å². The van der Waals surface area contributed by atoms with Gasteiger partial charge in [-0.3, -0.25) is 4.90 Å². The van der Waals surface area contributed by atoms with Crippen LogP contribution in [0.4, 0.5) is 0 Å². The molecule has 2 N–H and O–H groups in total. The molecule has 2 unspecified atom stereocenters. The van der Waals surface area contributed by atoms with Gasteiger partial charge in [-0.05, 0) is 43.5 Å². The van der Waals surface area contributed by atoms with Crippen molar-refractivity contribution in [1.82, 2.24) is 14.5 Å². The number of rotatable bonds is 3. The maximum atomic E-state index is 5.78. The molecule has 2 heterocycles. The van der Waals surface area contributed by atoms with Crippen molar-refractivity contribution in [3.8, 4) is 0 Å². The van der Waals surface area contributed by atoms with E-state index in [1.165, 1.54) is 18.0 Å². The van der Waals surface area contributed by atoms with Crippen LogP contribution >= 0.6 is 11.5 Å². The van der Waals surface area contributed by atoms with Gasteiger partial charge in [-0.1, -0.05) is 11.4 Å². The van der Waals surface area contributed by atoms with E-state index in [0.29, 0.717) is 12.0 Å². The maximum absolute atomic E-state index is 5.78. The third kappa shape index (κ3) is 1.67. The minimum absolute atomic E-state index is 0.406. The Morgan fingerprint density at radius 1 is 1.71 bits per heavy atom. The first-order valence-electron chi connectivity index (χ1n) is 5.08. The smallest absolute Gasteiger partial charge is 0.0930 e. The highest BCUT2D eigenvalue weighted by Gasteiger charge is 2.34. The van der Waals surface area contributed by atoms with E-state index in [4.69, 9.17) is 5.73 Å². The lowest BCUT2D eigenvalue weighted by molar-refractivity contribution is 0.237. The first-order chi connectivity index (χ1) is 6.86. The summed E-state index contributed by atoms with van der Waals surface area (Å²) in [5.41, 5.74) is 6.88. The second-order valence-electron chi connectivity index (χ2n) is 3.69. The van der Waals surface area contributed by atoms with Gasteiger partial charge < -0.3 is 5.73 Å². The quantitative estimate of drug-likeness (QED) is 0.808. The second-order valence-corrected chi connectivity index (χ2v) is 4.30. The van der Waals surface area contributed by atoms with E-state index in [1.807, 2.05) is 5.38 Å². The van der Waals surface area contributed by atoms with Crippen molar-refractivity contribution in [2.75, 3.05) is 19.6 Å². The molecule has 14 heavy (non-hydrogen) atoms. The van der Waals surface area contributed by atoms with E-state index in [0.717, 1.165) is 25.3 Å². The van der Waals surface area contributed by atoms with Gasteiger partial charge in [0.1, 0.15) is 0 Å². The van der Waals surface area contributed by atoms with Crippen molar-refractivity contribution >= 4 is 11.5 Å². The molecule has 0 aromatic carbocycles. The molecule has 0 spiro atoms. The Bertz CT molecular complexity index is 262. The molecule has 0 aliphatic carbocycles. The summed E-state index contributed by atoms with van der Waals surface area (Å²) in [6.07, 6.45) is 1.19. The van der Waals surface area contributed by atoms with E-state index < -0.39 is 0 Å². The third-order valence-corrected chi connectivity index (χ3v) is 3.54. The zero-order chi connectivity index (χ0) is 9.97. The SMILES string of the molecule is CCN1CCC(CN)C1c1csnn1. The van der Waals surface area contributed by atoms with Crippen LogP contribution in [0, 0.1) is 5.92 Å². The molecule has 1 aliphatic rings. The number of nitrogens with zero attached hydrogens (tertiary/aromatic N) is 3. The Morgan fingerprint density at radius 2 is 2.57 bits per heavy atom. The number of hydrogen-bond donors (Lipinski definition) is 1. The lowest BCUT2D eigenvalue weighted by Gasteiger charge is -2.24. The second kappa shape index (κ2) is 4.33. The molecule has 0 radical (unpaired) electrons. The normalized spacial score (nSPS) is 28.4. The average Bonchev–Trinajstić information content (AvgIpc) is 2.85. The van der Waals surface area contributed by atoms with Crippen molar-refractivity contribution in [3.05, 3.63) is 11.1 Å². The van der Waals surface area contributed by atoms with Crippen LogP contribution in [-0.4, -0.2) is 34.1 Å². The van der Waals surface area contributed by atoms with Gasteiger partial charge in [0.25, 0.3) is 0 Å². The van der Waals surface area contributed by atoms with Gasteiger partial charge in [0.05, 0.1) is 11.7 Å². The molecule has 78 valence electrons. The fourth-order valence-corrected chi connectivity index (χ4v) is 2.74. The molecule has 1 aliphatic heterocycles. The predicted molar refractivity (Wildman–Crippen MR) is 57.1 cm³/mol. The number of aromatic nitrogens is 2. The highest BCUT2D eigenvalue weighted by molar-refractivity contribution is 7.03. The topological polar surface area (TPSA) is 55.0 Å². The lowest BCUT2D eigenvalue weighted by atomic mass is 9.98. The predicted octanol–water partition coefficient (Wildman–Crippen LogP) is 0.880. The molecule has 2 atom stereocenters. The van der Waals surface area contributed by atoms with Gasteiger partial charge in [0.2, 0.25) is 0 Å².